The van der Waals surface area contributed by atoms with Crippen molar-refractivity contribution in [1.82, 2.24) is 4.98 Å². The second-order valence-corrected chi connectivity index (χ2v) is 4.13. The summed E-state index contributed by atoms with van der Waals surface area (Å²) in [6.45, 7) is 1.54. The molecular weight excluding hydrogens is 288 g/mol. The molecule has 0 fully saturated rings. The van der Waals surface area contributed by atoms with Gasteiger partial charge in [0.05, 0.1) is 5.71 Å². The highest BCUT2D eigenvalue weighted by molar-refractivity contribution is 5.99. The van der Waals surface area contributed by atoms with Gasteiger partial charge in [-0.15, -0.1) is 0 Å². The van der Waals surface area contributed by atoms with E-state index in [2.05, 4.69) is 10.1 Å². The quantitative estimate of drug-likeness (QED) is 0.301. The number of hydrogen-bond acceptors (Lipinski definition) is 4. The first-order valence-electron chi connectivity index (χ1n) is 5.76. The summed E-state index contributed by atoms with van der Waals surface area (Å²) in [5.74, 6) is -6.81. The second kappa shape index (κ2) is 5.78. The molecule has 0 unspecified atom stereocenters. The minimum atomic E-state index is -1.75. The predicted molar refractivity (Wildman–Crippen MR) is 70.8 cm³/mol. The number of aromatic nitrogens is 1. The number of nitrogens with zero attached hydrogens (tertiary/aromatic N) is 2. The van der Waals surface area contributed by atoms with Crippen LogP contribution in [0.5, 0.6) is 0 Å². The third-order valence-corrected chi connectivity index (χ3v) is 2.66. The standard InChI is InChI=1S/C13H10F4N4/c1-6(7-2-4-8(18)5-3-7)20-21-11-9(14)12(16)19-13(17)10(11)15/h2-5H,18H2,1H3,(H,19,21)/b20-6-. The first kappa shape index (κ1) is 14.8. The maximum atomic E-state index is 13.4. The van der Waals surface area contributed by atoms with E-state index in [0.717, 1.165) is 0 Å². The predicted octanol–water partition coefficient (Wildman–Crippen LogP) is 3.06. The lowest BCUT2D eigenvalue weighted by Gasteiger charge is -2.07. The van der Waals surface area contributed by atoms with Gasteiger partial charge in [-0.3, -0.25) is 5.43 Å². The molecule has 0 atom stereocenters. The molecule has 0 amide bonds. The van der Waals surface area contributed by atoms with Gasteiger partial charge in [-0.1, -0.05) is 12.1 Å². The van der Waals surface area contributed by atoms with Crippen LogP contribution in [0.4, 0.5) is 28.9 Å². The van der Waals surface area contributed by atoms with Crippen molar-refractivity contribution in [1.29, 1.82) is 0 Å². The lowest BCUT2D eigenvalue weighted by molar-refractivity contribution is 0.411. The van der Waals surface area contributed by atoms with Crippen LogP contribution in [0, 0.1) is 23.5 Å². The number of halogens is 4. The van der Waals surface area contributed by atoms with E-state index in [9.17, 15) is 17.6 Å². The Bertz CT molecular complexity index is 672. The van der Waals surface area contributed by atoms with Crippen molar-refractivity contribution in [3.63, 3.8) is 0 Å². The third kappa shape index (κ3) is 3.10. The molecular formula is C13H10F4N4. The number of pyridine rings is 1. The minimum absolute atomic E-state index is 0.339. The Morgan fingerprint density at radius 3 is 2.10 bits per heavy atom. The van der Waals surface area contributed by atoms with Crippen LogP contribution in [-0.2, 0) is 0 Å². The molecule has 3 N–H and O–H groups in total. The van der Waals surface area contributed by atoms with Crippen LogP contribution < -0.4 is 11.2 Å². The van der Waals surface area contributed by atoms with Crippen LogP contribution in [0.2, 0.25) is 0 Å². The van der Waals surface area contributed by atoms with Gasteiger partial charge in [0.25, 0.3) is 11.9 Å². The van der Waals surface area contributed by atoms with Crippen LogP contribution in [0.1, 0.15) is 12.5 Å². The van der Waals surface area contributed by atoms with Gasteiger partial charge in [-0.25, -0.2) is 0 Å². The molecule has 1 aromatic carbocycles. The molecule has 0 aliphatic heterocycles. The number of benzene rings is 1. The Kier molecular flexibility index (Phi) is 4.06. The first-order valence-corrected chi connectivity index (χ1v) is 5.76. The highest BCUT2D eigenvalue weighted by Crippen LogP contribution is 2.22. The van der Waals surface area contributed by atoms with Gasteiger partial charge in [-0.2, -0.15) is 27.6 Å². The zero-order valence-electron chi connectivity index (χ0n) is 10.8. The average Bonchev–Trinajstić information content (AvgIpc) is 2.45. The maximum absolute atomic E-state index is 13.4. The zero-order valence-corrected chi connectivity index (χ0v) is 10.8. The van der Waals surface area contributed by atoms with E-state index in [-0.39, 0.29) is 0 Å². The van der Waals surface area contributed by atoms with Gasteiger partial charge in [0.2, 0.25) is 11.6 Å². The molecule has 8 heteroatoms. The fourth-order valence-corrected chi connectivity index (χ4v) is 1.51. The molecule has 0 radical (unpaired) electrons. The van der Waals surface area contributed by atoms with Crippen molar-refractivity contribution >= 4 is 17.1 Å². The van der Waals surface area contributed by atoms with Gasteiger partial charge in [-0.05, 0) is 24.6 Å². The topological polar surface area (TPSA) is 63.3 Å². The Morgan fingerprint density at radius 1 is 1.05 bits per heavy atom. The molecule has 21 heavy (non-hydrogen) atoms. The smallest absolute Gasteiger partial charge is 0.254 e. The highest BCUT2D eigenvalue weighted by Gasteiger charge is 2.20. The molecule has 0 saturated carbocycles. The molecule has 1 aromatic heterocycles. The van der Waals surface area contributed by atoms with Gasteiger partial charge in [0.15, 0.2) is 0 Å². The molecule has 110 valence electrons. The van der Waals surface area contributed by atoms with Gasteiger partial charge < -0.3 is 5.73 Å². The van der Waals surface area contributed by atoms with Gasteiger partial charge in [0, 0.05) is 5.69 Å². The molecule has 0 bridgehead atoms. The Labute approximate surface area is 117 Å². The number of nitrogens with one attached hydrogen (secondary N) is 1. The SMILES string of the molecule is C/C(=N/Nc1c(F)c(F)nc(F)c1F)c1ccc(N)cc1. The van der Waals surface area contributed by atoms with Crippen molar-refractivity contribution in [2.24, 2.45) is 5.10 Å². The Balaban J connectivity index is 2.31. The first-order chi connectivity index (χ1) is 9.90. The molecule has 2 aromatic rings. The van der Waals surface area contributed by atoms with Crippen molar-refractivity contribution in [2.45, 2.75) is 6.92 Å². The summed E-state index contributed by atoms with van der Waals surface area (Å²) in [5, 5.41) is 3.68. The number of nitrogens with two attached hydrogens (primary N) is 1. The molecule has 4 nitrogen and oxygen atoms in total. The molecule has 0 saturated heterocycles. The van der Waals surface area contributed by atoms with Crippen LogP contribution in [0.15, 0.2) is 29.4 Å². The largest absolute Gasteiger partial charge is 0.399 e. The van der Waals surface area contributed by atoms with E-state index in [1.54, 1.807) is 31.2 Å². The van der Waals surface area contributed by atoms with E-state index in [4.69, 9.17) is 5.73 Å². The van der Waals surface area contributed by atoms with Crippen LogP contribution in [-0.4, -0.2) is 10.7 Å². The van der Waals surface area contributed by atoms with Crippen LogP contribution in [0.3, 0.4) is 0 Å². The number of rotatable bonds is 3. The number of anilines is 2. The number of nitrogen functional groups attached to an aromatic ring is 1. The Hall–Kier alpha value is -2.64. The van der Waals surface area contributed by atoms with E-state index in [0.29, 0.717) is 17.0 Å². The van der Waals surface area contributed by atoms with Crippen molar-refractivity contribution in [2.75, 3.05) is 11.2 Å². The summed E-state index contributed by atoms with van der Waals surface area (Å²) >= 11 is 0. The van der Waals surface area contributed by atoms with Crippen molar-refractivity contribution in [3.05, 3.63) is 53.4 Å². The lowest BCUT2D eigenvalue weighted by Crippen LogP contribution is -2.07. The summed E-state index contributed by atoms with van der Waals surface area (Å²) in [6, 6.07) is 6.50. The molecule has 2 rings (SSSR count). The molecule has 0 aliphatic carbocycles. The van der Waals surface area contributed by atoms with Crippen molar-refractivity contribution < 1.29 is 17.6 Å². The molecule has 0 aliphatic rings. The summed E-state index contributed by atoms with van der Waals surface area (Å²) in [5.41, 5.74) is 7.93. The fraction of sp³-hybridized carbons (Fsp3) is 0.0769. The van der Waals surface area contributed by atoms with E-state index >= 15 is 0 Å². The molecule has 1 heterocycles. The highest BCUT2D eigenvalue weighted by atomic mass is 19.2. The number of hydrazone groups is 1. The Morgan fingerprint density at radius 2 is 1.57 bits per heavy atom. The van der Waals surface area contributed by atoms with Gasteiger partial charge >= 0.3 is 0 Å². The minimum Gasteiger partial charge on any atom is -0.399 e. The van der Waals surface area contributed by atoms with Gasteiger partial charge in [0.1, 0.15) is 5.69 Å². The zero-order chi connectivity index (χ0) is 15.6. The summed E-state index contributed by atoms with van der Waals surface area (Å²) in [4.78, 5) is 2.44. The monoisotopic (exact) mass is 298 g/mol. The van der Waals surface area contributed by atoms with Crippen molar-refractivity contribution in [3.8, 4) is 0 Å². The van der Waals surface area contributed by atoms with E-state index < -0.39 is 29.2 Å². The van der Waals surface area contributed by atoms with Crippen LogP contribution in [0.25, 0.3) is 0 Å². The fourth-order valence-electron chi connectivity index (χ4n) is 1.51. The maximum Gasteiger partial charge on any atom is 0.254 e. The number of hydrogen-bond donors (Lipinski definition) is 2. The van der Waals surface area contributed by atoms with Crippen LogP contribution >= 0.6 is 0 Å². The molecule has 0 spiro atoms. The summed E-state index contributed by atoms with van der Waals surface area (Å²) in [7, 11) is 0. The normalized spacial score (nSPS) is 11.6. The average molecular weight is 298 g/mol. The van der Waals surface area contributed by atoms with E-state index in [1.807, 2.05) is 5.43 Å². The lowest BCUT2D eigenvalue weighted by atomic mass is 10.1. The van der Waals surface area contributed by atoms with E-state index in [1.165, 1.54) is 0 Å². The summed E-state index contributed by atoms with van der Waals surface area (Å²) < 4.78 is 52.5. The second-order valence-electron chi connectivity index (χ2n) is 4.13. The third-order valence-electron chi connectivity index (χ3n) is 2.66. The summed E-state index contributed by atoms with van der Waals surface area (Å²) in [6.07, 6.45) is 0.